The molecule has 1 aliphatic heterocycles. The Morgan fingerprint density at radius 1 is 1.64 bits per heavy atom. The number of hydrogen-bond donors (Lipinski definition) is 1. The van der Waals surface area contributed by atoms with Gasteiger partial charge < -0.3 is 4.55 Å². The molecule has 0 atom stereocenters. The van der Waals surface area contributed by atoms with Crippen molar-refractivity contribution in [3.63, 3.8) is 0 Å². The second-order valence-electron chi connectivity index (χ2n) is 1.71. The first-order valence-corrected chi connectivity index (χ1v) is 5.62. The van der Waals surface area contributed by atoms with Gasteiger partial charge in [-0.2, -0.15) is 0 Å². The minimum absolute atomic E-state index is 0.604. The van der Waals surface area contributed by atoms with Gasteiger partial charge in [-0.1, -0.05) is 0 Å². The molecule has 0 radical (unpaired) electrons. The summed E-state index contributed by atoms with van der Waals surface area (Å²) in [5.74, 6) is 1.09. The quantitative estimate of drug-likeness (QED) is 0.478. The molecular weight excluding hydrogens is 186 g/mol. The molecule has 0 fully saturated rings. The zero-order chi connectivity index (χ0) is 8.74. The first-order chi connectivity index (χ1) is 5.00. The van der Waals surface area contributed by atoms with E-state index in [1.165, 1.54) is 0 Å². The summed E-state index contributed by atoms with van der Waals surface area (Å²) in [7, 11) is -3.92. The molecule has 1 N–H and O–H groups in total. The molecule has 0 saturated heterocycles. The minimum Gasteiger partial charge on any atom is -0.748 e. The Morgan fingerprint density at radius 3 is 2.27 bits per heavy atom. The van der Waals surface area contributed by atoms with Crippen molar-refractivity contribution in [2.75, 3.05) is 12.0 Å². The van der Waals surface area contributed by atoms with Crippen LogP contribution in [0, 0.1) is 0 Å². The lowest BCUT2D eigenvalue weighted by Crippen LogP contribution is -2.62. The van der Waals surface area contributed by atoms with E-state index in [1.54, 1.807) is 11.8 Å². The topological polar surface area (TPSA) is 71.2 Å². The van der Waals surface area contributed by atoms with Crippen LogP contribution in [0.4, 0.5) is 0 Å². The van der Waals surface area contributed by atoms with Crippen LogP contribution in [0.25, 0.3) is 0 Å². The van der Waals surface area contributed by atoms with Crippen molar-refractivity contribution < 1.29 is 18.0 Å². The predicted molar refractivity (Wildman–Crippen MR) is 44.2 cm³/mol. The van der Waals surface area contributed by atoms with E-state index >= 15 is 0 Å². The van der Waals surface area contributed by atoms with E-state index < -0.39 is 10.1 Å². The molecule has 64 valence electrons. The summed E-state index contributed by atoms with van der Waals surface area (Å²) >= 11 is 1.80. The van der Waals surface area contributed by atoms with Crippen molar-refractivity contribution in [2.24, 2.45) is 0 Å². The monoisotopic (exact) mass is 195 g/mol. The van der Waals surface area contributed by atoms with Crippen LogP contribution in [0.5, 0.6) is 0 Å². The maximum absolute atomic E-state index is 9.08. The van der Waals surface area contributed by atoms with Crippen LogP contribution in [-0.2, 0) is 10.1 Å². The van der Waals surface area contributed by atoms with Gasteiger partial charge in [-0.05, 0) is 0 Å². The highest BCUT2D eigenvalue weighted by atomic mass is 32.2. The minimum atomic E-state index is -3.92. The van der Waals surface area contributed by atoms with Crippen molar-refractivity contribution in [3.8, 4) is 0 Å². The van der Waals surface area contributed by atoms with Crippen LogP contribution in [0.3, 0.4) is 0 Å². The van der Waals surface area contributed by atoms with Crippen LogP contribution in [0.15, 0.2) is 11.6 Å². The number of hydrogen-bond acceptors (Lipinski definition) is 4. The van der Waals surface area contributed by atoms with Crippen LogP contribution in [-0.4, -0.2) is 31.2 Å². The summed E-state index contributed by atoms with van der Waals surface area (Å²) in [6.45, 7) is 0. The molecule has 6 heteroatoms. The van der Waals surface area contributed by atoms with E-state index in [1.807, 2.05) is 17.8 Å². The van der Waals surface area contributed by atoms with Gasteiger partial charge in [0.1, 0.15) is 0 Å². The molecule has 0 aromatic rings. The van der Waals surface area contributed by atoms with E-state index in [0.717, 1.165) is 5.75 Å². The smallest absolute Gasteiger partial charge is 0.173 e. The summed E-state index contributed by atoms with van der Waals surface area (Å²) in [4.78, 5) is 2.96. The molecule has 4 nitrogen and oxygen atoms in total. The maximum Gasteiger partial charge on any atom is 0.173 e. The van der Waals surface area contributed by atoms with E-state index in [-0.39, 0.29) is 0 Å². The van der Waals surface area contributed by atoms with Gasteiger partial charge in [-0.3, -0.25) is 0 Å². The lowest BCUT2D eigenvalue weighted by molar-refractivity contribution is -0.367. The van der Waals surface area contributed by atoms with E-state index in [9.17, 15) is 0 Å². The fourth-order valence-electron chi connectivity index (χ4n) is 0.307. The predicted octanol–water partition coefficient (Wildman–Crippen LogP) is -1.48. The highest BCUT2D eigenvalue weighted by Gasteiger charge is 1.85. The van der Waals surface area contributed by atoms with Gasteiger partial charge in [0.25, 0.3) is 0 Å². The Kier molecular flexibility index (Phi) is 5.18. The van der Waals surface area contributed by atoms with Crippen molar-refractivity contribution in [3.05, 3.63) is 11.6 Å². The molecule has 0 aromatic heterocycles. The van der Waals surface area contributed by atoms with Crippen LogP contribution < -0.4 is 4.99 Å². The third-order valence-electron chi connectivity index (χ3n) is 0.558. The fraction of sp³-hybridized carbons (Fsp3) is 0.400. The average molecular weight is 195 g/mol. The van der Waals surface area contributed by atoms with E-state index in [0.29, 0.717) is 6.26 Å². The molecule has 0 aliphatic carbocycles. The maximum atomic E-state index is 9.08. The van der Waals surface area contributed by atoms with E-state index in [4.69, 9.17) is 13.0 Å². The second-order valence-corrected chi connectivity index (χ2v) is 4.06. The summed E-state index contributed by atoms with van der Waals surface area (Å²) in [6.07, 6.45) is 4.55. The summed E-state index contributed by atoms with van der Waals surface area (Å²) in [5.41, 5.74) is 0. The highest BCUT2D eigenvalue weighted by Crippen LogP contribution is 1.96. The van der Waals surface area contributed by atoms with Gasteiger partial charge in [-0.25, -0.2) is 13.4 Å². The number of nitrogens with one attached hydrogen (secondary N) is 1. The van der Waals surface area contributed by atoms with Crippen molar-refractivity contribution in [2.45, 2.75) is 0 Å². The largest absolute Gasteiger partial charge is 0.748 e. The second kappa shape index (κ2) is 5.34. The highest BCUT2D eigenvalue weighted by molar-refractivity contribution is 8.02. The lowest BCUT2D eigenvalue weighted by atomic mass is 10.8. The SMILES string of the molecule is C1=CSCC=[NH+]1.CS(=O)(=O)[O-]. The molecule has 11 heavy (non-hydrogen) atoms. The zero-order valence-corrected chi connectivity index (χ0v) is 7.61. The summed E-state index contributed by atoms with van der Waals surface area (Å²) in [5, 5.41) is 2.04. The Balaban J connectivity index is 0.000000187. The molecule has 0 saturated carbocycles. The first kappa shape index (κ1) is 10.7. The zero-order valence-electron chi connectivity index (χ0n) is 5.98. The normalized spacial score (nSPS) is 15.5. The Labute approximate surface area is 70.2 Å². The average Bonchev–Trinajstić information content (AvgIpc) is 1.88. The first-order valence-electron chi connectivity index (χ1n) is 2.75. The van der Waals surface area contributed by atoms with E-state index in [2.05, 4.69) is 4.99 Å². The van der Waals surface area contributed by atoms with Crippen molar-refractivity contribution >= 4 is 28.1 Å². The van der Waals surface area contributed by atoms with Crippen LogP contribution in [0.1, 0.15) is 0 Å². The molecule has 1 rings (SSSR count). The summed E-state index contributed by atoms with van der Waals surface area (Å²) in [6, 6.07) is 0. The third kappa shape index (κ3) is 17.7. The van der Waals surface area contributed by atoms with Gasteiger partial charge >= 0.3 is 0 Å². The number of rotatable bonds is 0. The molecule has 0 bridgehead atoms. The molecule has 0 unspecified atom stereocenters. The molecule has 0 amide bonds. The van der Waals surface area contributed by atoms with Crippen molar-refractivity contribution in [1.29, 1.82) is 0 Å². The third-order valence-corrected chi connectivity index (χ3v) is 1.25. The molecule has 0 spiro atoms. The van der Waals surface area contributed by atoms with Gasteiger partial charge in [0.2, 0.25) is 0 Å². The fourth-order valence-corrected chi connectivity index (χ4v) is 0.786. The molecule has 0 aromatic carbocycles. The molecule has 1 aliphatic rings. The van der Waals surface area contributed by atoms with Crippen LogP contribution >= 0.6 is 11.8 Å². The Bertz CT molecular complexity index is 222. The van der Waals surface area contributed by atoms with Gasteiger partial charge in [0, 0.05) is 11.7 Å². The Morgan fingerprint density at radius 2 is 2.18 bits per heavy atom. The van der Waals surface area contributed by atoms with Crippen molar-refractivity contribution in [1.82, 2.24) is 0 Å². The van der Waals surface area contributed by atoms with Gasteiger partial charge in [0.15, 0.2) is 12.4 Å². The standard InChI is InChI=1S/C4H5NS.CH4O3S/c1-3-6-4-2-5-1;1-5(2,3)4/h1-3H,4H2;1H3,(H,2,3,4). The van der Waals surface area contributed by atoms with Gasteiger partial charge in [0.05, 0.1) is 15.9 Å². The van der Waals surface area contributed by atoms with Gasteiger partial charge in [-0.15, -0.1) is 11.8 Å². The lowest BCUT2D eigenvalue weighted by Gasteiger charge is -1.90. The molecular formula is C5H9NO3S2. The number of thioether (sulfide) groups is 1. The molecule has 1 heterocycles. The van der Waals surface area contributed by atoms with Crippen LogP contribution in [0.2, 0.25) is 0 Å². The Hall–Kier alpha value is -0.330. The summed E-state index contributed by atoms with van der Waals surface area (Å²) < 4.78 is 27.2.